The Morgan fingerprint density at radius 2 is 2.00 bits per heavy atom. The predicted octanol–water partition coefficient (Wildman–Crippen LogP) is 3.99. The van der Waals surface area contributed by atoms with Gasteiger partial charge in [0.15, 0.2) is 22.6 Å². The standard InChI is InChI=1S/C20H15F2N5O2S/c21-15-7-6-13(10-16(15)22)24-18(28)12-30-20-26-25-19(17-5-1-2-8-23-17)27(20)11-14-4-3-9-29-14/h1-10H,11-12H2,(H,24,28). The van der Waals surface area contributed by atoms with Crippen LogP contribution in [0.4, 0.5) is 14.5 Å². The molecule has 10 heteroatoms. The van der Waals surface area contributed by atoms with Gasteiger partial charge < -0.3 is 9.73 Å². The molecule has 1 amide bonds. The molecule has 0 aliphatic carbocycles. The van der Waals surface area contributed by atoms with Gasteiger partial charge in [0.05, 0.1) is 18.6 Å². The summed E-state index contributed by atoms with van der Waals surface area (Å²) in [6, 6.07) is 12.2. The van der Waals surface area contributed by atoms with Crippen LogP contribution < -0.4 is 5.32 Å². The van der Waals surface area contributed by atoms with Crippen molar-refractivity contribution in [2.75, 3.05) is 11.1 Å². The fourth-order valence-corrected chi connectivity index (χ4v) is 3.42. The molecule has 0 saturated heterocycles. The fraction of sp³-hybridized carbons (Fsp3) is 0.100. The van der Waals surface area contributed by atoms with Gasteiger partial charge in [-0.25, -0.2) is 8.78 Å². The average Bonchev–Trinajstić information content (AvgIpc) is 3.40. The second-order valence-electron chi connectivity index (χ2n) is 6.15. The third-order valence-corrected chi connectivity index (χ3v) is 5.01. The lowest BCUT2D eigenvalue weighted by Gasteiger charge is -2.09. The maximum atomic E-state index is 13.3. The van der Waals surface area contributed by atoms with Crippen molar-refractivity contribution in [3.05, 3.63) is 78.4 Å². The number of pyridine rings is 1. The predicted molar refractivity (Wildman–Crippen MR) is 107 cm³/mol. The van der Waals surface area contributed by atoms with Gasteiger partial charge in [-0.05, 0) is 36.4 Å². The zero-order valence-corrected chi connectivity index (χ0v) is 16.3. The van der Waals surface area contributed by atoms with E-state index in [4.69, 9.17) is 4.42 Å². The summed E-state index contributed by atoms with van der Waals surface area (Å²) < 4.78 is 33.6. The van der Waals surface area contributed by atoms with Crippen molar-refractivity contribution < 1.29 is 18.0 Å². The quantitative estimate of drug-likeness (QED) is 0.449. The Hall–Kier alpha value is -3.53. The molecule has 1 aromatic carbocycles. The van der Waals surface area contributed by atoms with Crippen LogP contribution in [-0.2, 0) is 11.3 Å². The van der Waals surface area contributed by atoms with E-state index in [0.29, 0.717) is 29.0 Å². The molecular weight excluding hydrogens is 412 g/mol. The highest BCUT2D eigenvalue weighted by molar-refractivity contribution is 7.99. The molecule has 7 nitrogen and oxygen atoms in total. The first-order valence-electron chi connectivity index (χ1n) is 8.85. The van der Waals surface area contributed by atoms with E-state index in [-0.39, 0.29) is 11.4 Å². The molecule has 0 aliphatic heterocycles. The Balaban J connectivity index is 1.51. The van der Waals surface area contributed by atoms with Crippen LogP contribution in [0.1, 0.15) is 5.76 Å². The van der Waals surface area contributed by atoms with Crippen LogP contribution in [0.5, 0.6) is 0 Å². The van der Waals surface area contributed by atoms with Gasteiger partial charge >= 0.3 is 0 Å². The molecular formula is C20H15F2N5O2S. The molecule has 0 atom stereocenters. The fourth-order valence-electron chi connectivity index (χ4n) is 2.68. The highest BCUT2D eigenvalue weighted by Gasteiger charge is 2.18. The minimum atomic E-state index is -1.03. The van der Waals surface area contributed by atoms with Crippen molar-refractivity contribution in [3.63, 3.8) is 0 Å². The normalized spacial score (nSPS) is 10.9. The first-order valence-corrected chi connectivity index (χ1v) is 9.83. The van der Waals surface area contributed by atoms with Crippen LogP contribution in [0, 0.1) is 11.6 Å². The maximum Gasteiger partial charge on any atom is 0.234 e. The van der Waals surface area contributed by atoms with Crippen molar-refractivity contribution in [2.24, 2.45) is 0 Å². The molecule has 0 unspecified atom stereocenters. The molecule has 0 spiro atoms. The highest BCUT2D eigenvalue weighted by atomic mass is 32.2. The molecule has 0 bridgehead atoms. The summed E-state index contributed by atoms with van der Waals surface area (Å²) in [7, 11) is 0. The van der Waals surface area contributed by atoms with E-state index in [9.17, 15) is 13.6 Å². The van der Waals surface area contributed by atoms with Crippen LogP contribution >= 0.6 is 11.8 Å². The second-order valence-corrected chi connectivity index (χ2v) is 7.09. The van der Waals surface area contributed by atoms with Gasteiger partial charge in [-0.1, -0.05) is 17.8 Å². The molecule has 0 fully saturated rings. The Morgan fingerprint density at radius 3 is 2.73 bits per heavy atom. The number of amides is 1. The van der Waals surface area contributed by atoms with Gasteiger partial charge in [0.2, 0.25) is 5.91 Å². The van der Waals surface area contributed by atoms with Crippen molar-refractivity contribution in [2.45, 2.75) is 11.7 Å². The van der Waals surface area contributed by atoms with Gasteiger partial charge in [0.1, 0.15) is 11.5 Å². The summed E-state index contributed by atoms with van der Waals surface area (Å²) in [5, 5.41) is 11.4. The Bertz CT molecular complexity index is 1150. The van der Waals surface area contributed by atoms with E-state index < -0.39 is 17.5 Å². The van der Waals surface area contributed by atoms with Crippen LogP contribution in [0.25, 0.3) is 11.5 Å². The Labute approximate surface area is 174 Å². The maximum absolute atomic E-state index is 13.3. The van der Waals surface area contributed by atoms with Gasteiger partial charge in [-0.15, -0.1) is 10.2 Å². The van der Waals surface area contributed by atoms with Crippen LogP contribution in [0.2, 0.25) is 0 Å². The van der Waals surface area contributed by atoms with Gasteiger partial charge in [-0.3, -0.25) is 14.3 Å². The number of carbonyl (C=O) groups excluding carboxylic acids is 1. The summed E-state index contributed by atoms with van der Waals surface area (Å²) in [6.45, 7) is 0.360. The monoisotopic (exact) mass is 427 g/mol. The van der Waals surface area contributed by atoms with E-state index in [2.05, 4.69) is 20.5 Å². The number of halogens is 2. The molecule has 152 valence electrons. The lowest BCUT2D eigenvalue weighted by Crippen LogP contribution is -2.15. The average molecular weight is 427 g/mol. The smallest absolute Gasteiger partial charge is 0.234 e. The third kappa shape index (κ3) is 4.54. The van der Waals surface area contributed by atoms with Crippen LogP contribution in [0.15, 0.2) is 70.6 Å². The second kappa shape index (κ2) is 8.87. The lowest BCUT2D eigenvalue weighted by molar-refractivity contribution is -0.113. The molecule has 4 rings (SSSR count). The minimum absolute atomic E-state index is 0.00248. The number of nitrogens with zero attached hydrogens (tertiary/aromatic N) is 4. The highest BCUT2D eigenvalue weighted by Crippen LogP contribution is 2.24. The lowest BCUT2D eigenvalue weighted by atomic mass is 10.3. The molecule has 0 radical (unpaired) electrons. The summed E-state index contributed by atoms with van der Waals surface area (Å²) >= 11 is 1.16. The molecule has 3 aromatic heterocycles. The summed E-state index contributed by atoms with van der Waals surface area (Å²) in [5.41, 5.74) is 0.806. The minimum Gasteiger partial charge on any atom is -0.467 e. The topological polar surface area (TPSA) is 85.8 Å². The van der Waals surface area contributed by atoms with Crippen molar-refractivity contribution in [1.29, 1.82) is 0 Å². The summed E-state index contributed by atoms with van der Waals surface area (Å²) in [6.07, 6.45) is 3.23. The number of hydrogen-bond donors (Lipinski definition) is 1. The third-order valence-electron chi connectivity index (χ3n) is 4.04. The first kappa shape index (κ1) is 19.8. The first-order chi connectivity index (χ1) is 14.6. The van der Waals surface area contributed by atoms with Crippen molar-refractivity contribution in [1.82, 2.24) is 19.7 Å². The number of anilines is 1. The largest absolute Gasteiger partial charge is 0.467 e. The SMILES string of the molecule is O=C(CSc1nnc(-c2ccccn2)n1Cc1ccco1)Nc1ccc(F)c(F)c1. The molecule has 0 saturated carbocycles. The molecule has 3 heterocycles. The van der Waals surface area contributed by atoms with Crippen LogP contribution in [0.3, 0.4) is 0 Å². The number of aromatic nitrogens is 4. The van der Waals surface area contributed by atoms with E-state index in [1.54, 1.807) is 29.2 Å². The van der Waals surface area contributed by atoms with E-state index in [0.717, 1.165) is 23.9 Å². The van der Waals surface area contributed by atoms with E-state index in [1.807, 2.05) is 18.2 Å². The number of thioether (sulfide) groups is 1. The zero-order chi connectivity index (χ0) is 20.9. The number of furan rings is 1. The summed E-state index contributed by atoms with van der Waals surface area (Å²) in [5.74, 6) is -1.17. The zero-order valence-electron chi connectivity index (χ0n) is 15.5. The van der Waals surface area contributed by atoms with E-state index in [1.165, 1.54) is 6.07 Å². The van der Waals surface area contributed by atoms with Gasteiger partial charge in [0, 0.05) is 18.0 Å². The molecule has 0 aliphatic rings. The number of hydrogen-bond acceptors (Lipinski definition) is 6. The summed E-state index contributed by atoms with van der Waals surface area (Å²) in [4.78, 5) is 16.6. The number of benzene rings is 1. The van der Waals surface area contributed by atoms with Gasteiger partial charge in [-0.2, -0.15) is 0 Å². The Morgan fingerprint density at radius 1 is 1.10 bits per heavy atom. The number of carbonyl (C=O) groups is 1. The van der Waals surface area contributed by atoms with Crippen molar-refractivity contribution in [3.8, 4) is 11.5 Å². The van der Waals surface area contributed by atoms with E-state index >= 15 is 0 Å². The molecule has 1 N–H and O–H groups in total. The molecule has 4 aromatic rings. The van der Waals surface area contributed by atoms with Crippen LogP contribution in [-0.4, -0.2) is 31.4 Å². The molecule has 30 heavy (non-hydrogen) atoms. The number of nitrogens with one attached hydrogen (secondary N) is 1. The Kier molecular flexibility index (Phi) is 5.84. The van der Waals surface area contributed by atoms with Gasteiger partial charge in [0.25, 0.3) is 0 Å². The van der Waals surface area contributed by atoms with Crippen molar-refractivity contribution >= 4 is 23.4 Å². The number of rotatable bonds is 7.